The standard InChI is InChI=1S/C29H25FN2O7S/c1-4-6-20-15-19(16-24-27(33)31-29(35)32(28(24)34)22-11-9-21(30)10-12-22)17-25(38-5-2)26(20)39-40(36,37)23-13-7-18(3)8-14-23/h4,7-17H,1,5-6H2,2-3H3,(H,31,33,35)/b24-16+. The molecular formula is C29H25FN2O7S. The number of barbiturate groups is 1. The lowest BCUT2D eigenvalue weighted by Gasteiger charge is -2.26. The molecule has 0 unspecified atom stereocenters. The lowest BCUT2D eigenvalue weighted by molar-refractivity contribution is -0.122. The van der Waals surface area contributed by atoms with E-state index in [1.54, 1.807) is 19.1 Å². The van der Waals surface area contributed by atoms with E-state index in [4.69, 9.17) is 8.92 Å². The van der Waals surface area contributed by atoms with E-state index < -0.39 is 33.8 Å². The number of rotatable bonds is 9. The highest BCUT2D eigenvalue weighted by molar-refractivity contribution is 7.87. The molecule has 1 aliphatic heterocycles. The third-order valence-electron chi connectivity index (χ3n) is 5.82. The number of imide groups is 2. The van der Waals surface area contributed by atoms with Crippen LogP contribution in [-0.2, 0) is 26.1 Å². The van der Waals surface area contributed by atoms with Gasteiger partial charge in [0, 0.05) is 5.56 Å². The Balaban J connectivity index is 1.78. The van der Waals surface area contributed by atoms with E-state index in [0.717, 1.165) is 17.7 Å². The number of ether oxygens (including phenoxy) is 1. The molecule has 0 aliphatic carbocycles. The van der Waals surface area contributed by atoms with Gasteiger partial charge in [-0.2, -0.15) is 8.42 Å². The Morgan fingerprint density at radius 2 is 1.70 bits per heavy atom. The molecule has 0 aromatic heterocycles. The molecule has 0 radical (unpaired) electrons. The summed E-state index contributed by atoms with van der Waals surface area (Å²) < 4.78 is 50.7. The predicted octanol–water partition coefficient (Wildman–Crippen LogP) is 4.70. The van der Waals surface area contributed by atoms with Crippen LogP contribution in [0.15, 0.2) is 83.8 Å². The molecule has 1 aliphatic rings. The van der Waals surface area contributed by atoms with Gasteiger partial charge < -0.3 is 8.92 Å². The number of nitrogens with one attached hydrogen (secondary N) is 1. The Labute approximate surface area is 230 Å². The Morgan fingerprint density at radius 3 is 2.33 bits per heavy atom. The van der Waals surface area contributed by atoms with Gasteiger partial charge in [0.15, 0.2) is 11.5 Å². The van der Waals surface area contributed by atoms with Gasteiger partial charge in [0.2, 0.25) is 0 Å². The van der Waals surface area contributed by atoms with Gasteiger partial charge in [0.1, 0.15) is 16.3 Å². The number of urea groups is 1. The minimum Gasteiger partial charge on any atom is -0.490 e. The first-order valence-electron chi connectivity index (χ1n) is 12.1. The van der Waals surface area contributed by atoms with E-state index in [1.165, 1.54) is 48.6 Å². The maximum atomic E-state index is 13.4. The van der Waals surface area contributed by atoms with Crippen molar-refractivity contribution in [1.82, 2.24) is 5.32 Å². The van der Waals surface area contributed by atoms with Crippen molar-refractivity contribution in [2.45, 2.75) is 25.2 Å². The zero-order valence-corrected chi connectivity index (χ0v) is 22.5. The van der Waals surface area contributed by atoms with Gasteiger partial charge in [-0.05, 0) is 80.4 Å². The molecule has 0 spiro atoms. The maximum Gasteiger partial charge on any atom is 0.339 e. The first-order chi connectivity index (χ1) is 19.0. The van der Waals surface area contributed by atoms with Crippen molar-refractivity contribution >= 4 is 39.7 Å². The summed E-state index contributed by atoms with van der Waals surface area (Å²) in [7, 11) is -4.24. The van der Waals surface area contributed by atoms with Crippen LogP contribution in [0.5, 0.6) is 11.5 Å². The van der Waals surface area contributed by atoms with E-state index in [2.05, 4.69) is 11.9 Å². The van der Waals surface area contributed by atoms with E-state index in [9.17, 15) is 27.2 Å². The monoisotopic (exact) mass is 564 g/mol. The van der Waals surface area contributed by atoms with Crippen LogP contribution in [-0.4, -0.2) is 32.9 Å². The number of amides is 4. The summed E-state index contributed by atoms with van der Waals surface area (Å²) in [6, 6.07) is 12.7. The lowest BCUT2D eigenvalue weighted by Crippen LogP contribution is -2.54. The van der Waals surface area contributed by atoms with Crippen LogP contribution in [0.4, 0.5) is 14.9 Å². The van der Waals surface area contributed by atoms with Crippen LogP contribution in [0.2, 0.25) is 0 Å². The first-order valence-corrected chi connectivity index (χ1v) is 13.5. The van der Waals surface area contributed by atoms with Crippen molar-refractivity contribution in [2.75, 3.05) is 11.5 Å². The van der Waals surface area contributed by atoms with Crippen molar-refractivity contribution in [2.24, 2.45) is 0 Å². The molecule has 0 saturated carbocycles. The molecule has 1 N–H and O–H groups in total. The fourth-order valence-corrected chi connectivity index (χ4v) is 4.92. The summed E-state index contributed by atoms with van der Waals surface area (Å²) in [5.41, 5.74) is 1.22. The highest BCUT2D eigenvalue weighted by Crippen LogP contribution is 2.37. The summed E-state index contributed by atoms with van der Waals surface area (Å²) in [5.74, 6) is -2.43. The third kappa shape index (κ3) is 5.94. The number of benzene rings is 3. The lowest BCUT2D eigenvalue weighted by atomic mass is 10.0. The van der Waals surface area contributed by atoms with Gasteiger partial charge in [-0.25, -0.2) is 14.1 Å². The molecule has 4 rings (SSSR count). The van der Waals surface area contributed by atoms with E-state index in [0.29, 0.717) is 16.0 Å². The normalized spacial score (nSPS) is 14.7. The second kappa shape index (κ2) is 11.5. The molecule has 1 fully saturated rings. The highest BCUT2D eigenvalue weighted by Gasteiger charge is 2.37. The van der Waals surface area contributed by atoms with Crippen molar-refractivity contribution in [3.05, 3.63) is 101 Å². The van der Waals surface area contributed by atoms with Crippen molar-refractivity contribution in [3.63, 3.8) is 0 Å². The van der Waals surface area contributed by atoms with Gasteiger partial charge in [0.25, 0.3) is 11.8 Å². The molecule has 3 aromatic rings. The topological polar surface area (TPSA) is 119 Å². The summed E-state index contributed by atoms with van der Waals surface area (Å²) in [6.07, 6.45) is 2.94. The summed E-state index contributed by atoms with van der Waals surface area (Å²) in [4.78, 5) is 39.0. The summed E-state index contributed by atoms with van der Waals surface area (Å²) >= 11 is 0. The van der Waals surface area contributed by atoms with Crippen LogP contribution in [0.1, 0.15) is 23.6 Å². The number of hydrogen-bond donors (Lipinski definition) is 1. The molecule has 206 valence electrons. The number of carbonyl (C=O) groups is 3. The maximum absolute atomic E-state index is 13.4. The smallest absolute Gasteiger partial charge is 0.339 e. The van der Waals surface area contributed by atoms with Crippen LogP contribution < -0.4 is 19.1 Å². The summed E-state index contributed by atoms with van der Waals surface area (Å²) in [5, 5.41) is 2.10. The molecule has 9 nitrogen and oxygen atoms in total. The Morgan fingerprint density at radius 1 is 1.02 bits per heavy atom. The molecule has 11 heteroatoms. The number of aryl methyl sites for hydroxylation is 1. The van der Waals surface area contributed by atoms with E-state index in [-0.39, 0.29) is 40.7 Å². The average Bonchev–Trinajstić information content (AvgIpc) is 2.90. The van der Waals surface area contributed by atoms with E-state index in [1.807, 2.05) is 6.92 Å². The van der Waals surface area contributed by atoms with Crippen LogP contribution in [0, 0.1) is 12.7 Å². The zero-order valence-electron chi connectivity index (χ0n) is 21.6. The second-order valence-corrected chi connectivity index (χ2v) is 10.3. The SMILES string of the molecule is C=CCc1cc(/C=C2\C(=O)NC(=O)N(c3ccc(F)cc3)C2=O)cc(OCC)c1OS(=O)(=O)c1ccc(C)cc1. The third-order valence-corrected chi connectivity index (χ3v) is 7.05. The number of anilines is 1. The number of allylic oxidation sites excluding steroid dienone is 1. The second-order valence-electron chi connectivity index (χ2n) is 8.72. The Hall–Kier alpha value is -4.77. The molecule has 3 aromatic carbocycles. The van der Waals surface area contributed by atoms with Crippen molar-refractivity contribution < 1.29 is 36.1 Å². The molecular weight excluding hydrogens is 539 g/mol. The van der Waals surface area contributed by atoms with Gasteiger partial charge in [-0.1, -0.05) is 23.8 Å². The Bertz CT molecular complexity index is 1630. The fraction of sp³-hybridized carbons (Fsp3) is 0.138. The van der Waals surface area contributed by atoms with E-state index >= 15 is 0 Å². The van der Waals surface area contributed by atoms with Crippen molar-refractivity contribution in [3.8, 4) is 11.5 Å². The number of hydrogen-bond acceptors (Lipinski definition) is 7. The zero-order chi connectivity index (χ0) is 29.0. The minimum atomic E-state index is -4.24. The van der Waals surface area contributed by atoms with Crippen LogP contribution in [0.3, 0.4) is 0 Å². The molecule has 0 bridgehead atoms. The molecule has 40 heavy (non-hydrogen) atoms. The van der Waals surface area contributed by atoms with Crippen LogP contribution >= 0.6 is 0 Å². The molecule has 0 atom stereocenters. The van der Waals surface area contributed by atoms with Gasteiger partial charge >= 0.3 is 16.1 Å². The number of carbonyl (C=O) groups excluding carboxylic acids is 3. The molecule has 1 heterocycles. The predicted molar refractivity (Wildman–Crippen MR) is 146 cm³/mol. The van der Waals surface area contributed by atoms with Crippen LogP contribution in [0.25, 0.3) is 6.08 Å². The first kappa shape index (κ1) is 28.2. The van der Waals surface area contributed by atoms with Crippen molar-refractivity contribution in [1.29, 1.82) is 0 Å². The number of halogens is 1. The quantitative estimate of drug-likeness (QED) is 0.173. The summed E-state index contributed by atoms with van der Waals surface area (Å²) in [6.45, 7) is 7.39. The van der Waals surface area contributed by atoms with Gasteiger partial charge in [-0.15, -0.1) is 6.58 Å². The largest absolute Gasteiger partial charge is 0.490 e. The molecule has 1 saturated heterocycles. The fourth-order valence-electron chi connectivity index (χ4n) is 3.94. The minimum absolute atomic E-state index is 0.0497. The van der Waals surface area contributed by atoms with Gasteiger partial charge in [-0.3, -0.25) is 14.9 Å². The van der Waals surface area contributed by atoms with Gasteiger partial charge in [0.05, 0.1) is 12.3 Å². The average molecular weight is 565 g/mol. The molecule has 4 amide bonds. The highest BCUT2D eigenvalue weighted by atomic mass is 32.2. The number of nitrogens with zero attached hydrogens (tertiary/aromatic N) is 1. The Kier molecular flexibility index (Phi) is 8.15.